The molecule has 0 spiro atoms. The fourth-order valence-electron chi connectivity index (χ4n) is 1.71. The van der Waals surface area contributed by atoms with Gasteiger partial charge in [-0.2, -0.15) is 0 Å². The van der Waals surface area contributed by atoms with E-state index in [9.17, 15) is 9.59 Å². The molecule has 0 bridgehead atoms. The summed E-state index contributed by atoms with van der Waals surface area (Å²) < 4.78 is 10.2. The Balaban J connectivity index is 1.67. The Kier molecular flexibility index (Phi) is 3.65. The smallest absolute Gasteiger partial charge is 0.344 e. The summed E-state index contributed by atoms with van der Waals surface area (Å²) in [5.41, 5.74) is -0.0412. The molecule has 21 heavy (non-hydrogen) atoms. The molecule has 0 aliphatic carbocycles. The highest BCUT2D eigenvalue weighted by molar-refractivity contribution is 7.13. The van der Waals surface area contributed by atoms with Crippen LogP contribution in [0.5, 0.6) is 0 Å². The molecular weight excluding hydrogens is 292 g/mol. The summed E-state index contributed by atoms with van der Waals surface area (Å²) in [6.45, 7) is -0.0535. The Bertz CT molecular complexity index is 804. The van der Waals surface area contributed by atoms with Gasteiger partial charge in [0, 0.05) is 12.3 Å². The van der Waals surface area contributed by atoms with E-state index >= 15 is 0 Å². The molecule has 0 saturated carbocycles. The molecule has 0 fully saturated rings. The molecule has 106 valence electrons. The zero-order valence-electron chi connectivity index (χ0n) is 10.7. The Labute approximate surface area is 123 Å². The van der Waals surface area contributed by atoms with Crippen molar-refractivity contribution in [1.82, 2.24) is 10.1 Å². The summed E-state index contributed by atoms with van der Waals surface area (Å²) in [6, 6.07) is 8.48. The van der Waals surface area contributed by atoms with E-state index in [-0.39, 0.29) is 12.2 Å². The number of carbonyl (C=O) groups is 1. The molecule has 0 aliphatic heterocycles. The second-order valence-corrected chi connectivity index (χ2v) is 5.10. The van der Waals surface area contributed by atoms with Crippen LogP contribution in [0.3, 0.4) is 0 Å². The van der Waals surface area contributed by atoms with Gasteiger partial charge < -0.3 is 14.2 Å². The van der Waals surface area contributed by atoms with Crippen molar-refractivity contribution in [2.75, 3.05) is 0 Å². The number of rotatable bonds is 4. The molecule has 3 rings (SSSR count). The number of carbonyl (C=O) groups excluding carboxylic acids is 1. The highest BCUT2D eigenvalue weighted by Crippen LogP contribution is 2.25. The highest BCUT2D eigenvalue weighted by atomic mass is 32.1. The lowest BCUT2D eigenvalue weighted by atomic mass is 10.3. The van der Waals surface area contributed by atoms with Gasteiger partial charge in [-0.3, -0.25) is 4.79 Å². The zero-order chi connectivity index (χ0) is 14.7. The van der Waals surface area contributed by atoms with Crippen LogP contribution in [0.25, 0.3) is 10.6 Å². The minimum atomic E-state index is -0.697. The van der Waals surface area contributed by atoms with Gasteiger partial charge >= 0.3 is 5.97 Å². The monoisotopic (exact) mass is 302 g/mol. The van der Waals surface area contributed by atoms with E-state index in [0.717, 1.165) is 4.88 Å². The van der Waals surface area contributed by atoms with E-state index in [1.165, 1.54) is 23.6 Å². The topological polar surface area (TPSA) is 85.2 Å². The molecule has 0 aliphatic rings. The van der Waals surface area contributed by atoms with Gasteiger partial charge in [0.25, 0.3) is 5.56 Å². The number of thiophene rings is 1. The van der Waals surface area contributed by atoms with Gasteiger partial charge in [-0.05, 0) is 23.6 Å². The number of hydrogen-bond donors (Lipinski definition) is 1. The Morgan fingerprint density at radius 3 is 3.05 bits per heavy atom. The third-order valence-electron chi connectivity index (χ3n) is 2.71. The molecule has 0 amide bonds. The number of hydrogen-bond acceptors (Lipinski definition) is 6. The zero-order valence-corrected chi connectivity index (χ0v) is 11.6. The van der Waals surface area contributed by atoms with E-state index in [1.807, 2.05) is 17.5 Å². The standard InChI is InChI=1S/C14H10N2O4S/c17-13-10(3-1-5-15-13)14(18)19-8-9-7-11(20-16-9)12-4-2-6-21-12/h1-7H,8H2,(H,15,17). The average molecular weight is 302 g/mol. The number of nitrogens with zero attached hydrogens (tertiary/aromatic N) is 1. The number of ether oxygens (including phenoxy) is 1. The fraction of sp³-hybridized carbons (Fsp3) is 0.0714. The van der Waals surface area contributed by atoms with E-state index in [2.05, 4.69) is 10.1 Å². The van der Waals surface area contributed by atoms with Gasteiger partial charge in [-0.15, -0.1) is 11.3 Å². The predicted molar refractivity (Wildman–Crippen MR) is 76.0 cm³/mol. The molecule has 0 aromatic carbocycles. The van der Waals surface area contributed by atoms with Crippen LogP contribution in [0.15, 0.2) is 51.2 Å². The third kappa shape index (κ3) is 2.92. The minimum absolute atomic E-state index is 0.0422. The van der Waals surface area contributed by atoms with Gasteiger partial charge in [0.1, 0.15) is 17.9 Å². The second kappa shape index (κ2) is 5.76. The molecule has 0 atom stereocenters. The first-order valence-corrected chi connectivity index (χ1v) is 6.96. The summed E-state index contributed by atoms with van der Waals surface area (Å²) in [5.74, 6) is -0.0777. The van der Waals surface area contributed by atoms with Crippen molar-refractivity contribution in [2.45, 2.75) is 6.61 Å². The lowest BCUT2D eigenvalue weighted by Crippen LogP contribution is -2.18. The number of aromatic nitrogens is 2. The number of pyridine rings is 1. The number of esters is 1. The van der Waals surface area contributed by atoms with Gasteiger partial charge in [0.05, 0.1) is 4.88 Å². The molecule has 3 heterocycles. The highest BCUT2D eigenvalue weighted by Gasteiger charge is 2.13. The molecule has 0 saturated heterocycles. The predicted octanol–water partition coefficient (Wildman–Crippen LogP) is 2.45. The van der Waals surface area contributed by atoms with Crippen molar-refractivity contribution in [1.29, 1.82) is 0 Å². The second-order valence-electron chi connectivity index (χ2n) is 4.15. The summed E-state index contributed by atoms with van der Waals surface area (Å²) in [6.07, 6.45) is 1.45. The van der Waals surface area contributed by atoms with Crippen molar-refractivity contribution < 1.29 is 14.1 Å². The average Bonchev–Trinajstić information content (AvgIpc) is 3.16. The molecule has 0 radical (unpaired) electrons. The Morgan fingerprint density at radius 2 is 2.29 bits per heavy atom. The maximum Gasteiger partial charge on any atom is 0.344 e. The van der Waals surface area contributed by atoms with Gasteiger partial charge in [0.15, 0.2) is 5.76 Å². The van der Waals surface area contributed by atoms with Crippen LogP contribution in [0.1, 0.15) is 16.1 Å². The van der Waals surface area contributed by atoms with Crippen LogP contribution in [0.2, 0.25) is 0 Å². The van der Waals surface area contributed by atoms with Crippen molar-refractivity contribution in [3.05, 3.63) is 63.5 Å². The van der Waals surface area contributed by atoms with Crippen molar-refractivity contribution in [2.24, 2.45) is 0 Å². The minimum Gasteiger partial charge on any atom is -0.455 e. The number of nitrogens with one attached hydrogen (secondary N) is 1. The van der Waals surface area contributed by atoms with Crippen LogP contribution in [0.4, 0.5) is 0 Å². The van der Waals surface area contributed by atoms with Gasteiger partial charge in [0.2, 0.25) is 0 Å². The van der Waals surface area contributed by atoms with Crippen molar-refractivity contribution in [3.63, 3.8) is 0 Å². The molecular formula is C14H10N2O4S. The molecule has 1 N–H and O–H groups in total. The summed E-state index contributed by atoms with van der Waals surface area (Å²) >= 11 is 1.53. The van der Waals surface area contributed by atoms with Crippen LogP contribution >= 0.6 is 11.3 Å². The van der Waals surface area contributed by atoms with Crippen molar-refractivity contribution >= 4 is 17.3 Å². The Morgan fingerprint density at radius 1 is 1.38 bits per heavy atom. The SMILES string of the molecule is O=C(OCc1cc(-c2cccs2)on1)c1ccc[nH]c1=O. The fourth-order valence-corrected chi connectivity index (χ4v) is 2.39. The molecule has 7 heteroatoms. The first-order chi connectivity index (χ1) is 10.2. The maximum atomic E-state index is 11.8. The van der Waals surface area contributed by atoms with Gasteiger partial charge in [-0.1, -0.05) is 11.2 Å². The van der Waals surface area contributed by atoms with Crippen LogP contribution in [-0.2, 0) is 11.3 Å². The van der Waals surface area contributed by atoms with E-state index in [0.29, 0.717) is 11.5 Å². The quantitative estimate of drug-likeness (QED) is 0.748. The molecule has 3 aromatic rings. The third-order valence-corrected chi connectivity index (χ3v) is 3.60. The van der Waals surface area contributed by atoms with Crippen LogP contribution in [0, 0.1) is 0 Å². The first kappa shape index (κ1) is 13.3. The van der Waals surface area contributed by atoms with Crippen LogP contribution in [-0.4, -0.2) is 16.1 Å². The molecule has 6 nitrogen and oxygen atoms in total. The van der Waals surface area contributed by atoms with Crippen molar-refractivity contribution in [3.8, 4) is 10.6 Å². The largest absolute Gasteiger partial charge is 0.455 e. The summed E-state index contributed by atoms with van der Waals surface area (Å²) in [4.78, 5) is 26.6. The van der Waals surface area contributed by atoms with Crippen LogP contribution < -0.4 is 5.56 Å². The van der Waals surface area contributed by atoms with E-state index in [4.69, 9.17) is 9.26 Å². The number of H-pyrrole nitrogens is 1. The van der Waals surface area contributed by atoms with E-state index in [1.54, 1.807) is 12.1 Å². The molecule has 3 aromatic heterocycles. The number of aromatic amines is 1. The molecule has 0 unspecified atom stereocenters. The lowest BCUT2D eigenvalue weighted by molar-refractivity contribution is 0.0462. The first-order valence-electron chi connectivity index (χ1n) is 6.08. The normalized spacial score (nSPS) is 10.5. The maximum absolute atomic E-state index is 11.8. The van der Waals surface area contributed by atoms with Gasteiger partial charge in [-0.25, -0.2) is 4.79 Å². The van der Waals surface area contributed by atoms with E-state index < -0.39 is 11.5 Å². The Hall–Kier alpha value is -2.67. The lowest BCUT2D eigenvalue weighted by Gasteiger charge is -2.00. The summed E-state index contributed by atoms with van der Waals surface area (Å²) in [7, 11) is 0. The summed E-state index contributed by atoms with van der Waals surface area (Å²) in [5, 5.41) is 5.76.